The van der Waals surface area contributed by atoms with E-state index < -0.39 is 0 Å². The number of hydrogen-bond donors (Lipinski definition) is 0. The maximum atomic E-state index is 5.30. The first kappa shape index (κ1) is 33.1. The molecule has 0 radical (unpaired) electrons. The largest absolute Gasteiger partial charge is 0.252 e. The van der Waals surface area contributed by atoms with E-state index in [2.05, 4.69) is 171 Å². The van der Waals surface area contributed by atoms with Gasteiger partial charge in [-0.3, -0.25) is 4.98 Å². The van der Waals surface area contributed by atoms with E-state index in [4.69, 9.17) is 15.0 Å². The predicted octanol–water partition coefficient (Wildman–Crippen LogP) is 12.0. The minimum atomic E-state index is 0.829. The van der Waals surface area contributed by atoms with Gasteiger partial charge in [-0.2, -0.15) is 0 Å². The van der Waals surface area contributed by atoms with Crippen LogP contribution < -0.4 is 9.75 Å². The van der Waals surface area contributed by atoms with Crippen LogP contribution in [0.15, 0.2) is 152 Å². The Labute approximate surface area is 324 Å². The van der Waals surface area contributed by atoms with Gasteiger partial charge in [0.05, 0.1) is 28.1 Å². The molecule has 4 heteroatoms. The number of pyridine rings is 3. The maximum absolute atomic E-state index is 5.30. The molecule has 10 rings (SSSR count). The van der Waals surface area contributed by atoms with E-state index in [1.54, 1.807) is 0 Å². The summed E-state index contributed by atoms with van der Waals surface area (Å²) in [6.07, 6.45) is 12.4. The van der Waals surface area contributed by atoms with Crippen molar-refractivity contribution in [1.29, 1.82) is 0 Å². The summed E-state index contributed by atoms with van der Waals surface area (Å²) in [6, 6.07) is 51.4. The number of thiophene rings is 1. The fourth-order valence-electron chi connectivity index (χ4n) is 7.81. The average molecular weight is 724 g/mol. The van der Waals surface area contributed by atoms with Crippen LogP contribution in [0, 0.1) is 6.92 Å². The molecule has 262 valence electrons. The standard InChI is InChI=1S/C51H37N3S/c1-33-42(51-47(43-16-8-9-18-46(43)55-51)48(52-33)39-25-23-36(24-26-39)35-12-4-2-5-13-35)17-10-11-34-19-21-38(22-20-34)45-32-30-41-28-27-40-29-31-44(37-14-6-3-7-15-37)53-49(40)50(41)54-45/h2-7,10,12-32H,8-9,11H2,1H3/b17-10-. The Hall–Kier alpha value is -6.49. The molecule has 0 saturated carbocycles. The van der Waals surface area contributed by atoms with Gasteiger partial charge >= 0.3 is 0 Å². The van der Waals surface area contributed by atoms with Crippen molar-refractivity contribution in [2.45, 2.75) is 26.2 Å². The lowest BCUT2D eigenvalue weighted by Crippen LogP contribution is -2.21. The van der Waals surface area contributed by atoms with Gasteiger partial charge in [-0.25, -0.2) is 9.97 Å². The molecule has 4 aromatic heterocycles. The van der Waals surface area contributed by atoms with Gasteiger partial charge in [0.15, 0.2) is 0 Å². The molecule has 1 aliphatic rings. The average Bonchev–Trinajstić information content (AvgIpc) is 3.64. The van der Waals surface area contributed by atoms with Crippen LogP contribution in [-0.4, -0.2) is 15.0 Å². The van der Waals surface area contributed by atoms with Crippen molar-refractivity contribution in [1.82, 2.24) is 15.0 Å². The minimum absolute atomic E-state index is 0.829. The molecule has 9 aromatic rings. The van der Waals surface area contributed by atoms with Crippen molar-refractivity contribution >= 4 is 61.5 Å². The van der Waals surface area contributed by atoms with Crippen LogP contribution in [0.25, 0.3) is 95.0 Å². The number of aromatic nitrogens is 3. The topological polar surface area (TPSA) is 38.7 Å². The Morgan fingerprint density at radius 2 is 1.09 bits per heavy atom. The molecule has 0 atom stereocenters. The van der Waals surface area contributed by atoms with E-state index >= 15 is 0 Å². The monoisotopic (exact) mass is 723 g/mol. The van der Waals surface area contributed by atoms with Gasteiger partial charge in [-0.15, -0.1) is 11.3 Å². The summed E-state index contributed by atoms with van der Waals surface area (Å²) in [5.41, 5.74) is 14.2. The smallest absolute Gasteiger partial charge is 0.0972 e. The van der Waals surface area contributed by atoms with E-state index in [-0.39, 0.29) is 0 Å². The third-order valence-corrected chi connectivity index (χ3v) is 11.9. The molecule has 0 saturated heterocycles. The number of fused-ring (bicyclic) bond motifs is 6. The van der Waals surface area contributed by atoms with E-state index in [1.807, 2.05) is 17.4 Å². The summed E-state index contributed by atoms with van der Waals surface area (Å²) in [7, 11) is 0. The van der Waals surface area contributed by atoms with Gasteiger partial charge < -0.3 is 0 Å². The first-order valence-corrected chi connectivity index (χ1v) is 19.8. The van der Waals surface area contributed by atoms with Crippen molar-refractivity contribution in [3.63, 3.8) is 0 Å². The van der Waals surface area contributed by atoms with Crippen LogP contribution in [0.3, 0.4) is 0 Å². The summed E-state index contributed by atoms with van der Waals surface area (Å²) in [4.78, 5) is 15.5. The second-order valence-electron chi connectivity index (χ2n) is 14.2. The molecule has 0 unspecified atom stereocenters. The molecule has 0 fully saturated rings. The summed E-state index contributed by atoms with van der Waals surface area (Å²) in [5.74, 6) is 0. The highest BCUT2D eigenvalue weighted by Gasteiger charge is 2.17. The molecule has 5 aromatic carbocycles. The molecular weight excluding hydrogens is 687 g/mol. The fraction of sp³-hybridized carbons (Fsp3) is 0.0784. The lowest BCUT2D eigenvalue weighted by Gasteiger charge is -2.10. The first-order valence-electron chi connectivity index (χ1n) is 19.0. The highest BCUT2D eigenvalue weighted by atomic mass is 32.1. The third kappa shape index (κ3) is 6.25. The van der Waals surface area contributed by atoms with Gasteiger partial charge in [0.1, 0.15) is 0 Å². The van der Waals surface area contributed by atoms with Crippen LogP contribution in [0.5, 0.6) is 0 Å². The number of allylic oxidation sites excluding steroid dienone is 1. The molecule has 0 spiro atoms. The first-order chi connectivity index (χ1) is 27.2. The zero-order valence-electron chi connectivity index (χ0n) is 30.5. The van der Waals surface area contributed by atoms with E-state index in [9.17, 15) is 0 Å². The quantitative estimate of drug-likeness (QED) is 0.154. The van der Waals surface area contributed by atoms with E-state index in [0.29, 0.717) is 0 Å². The molecule has 0 aliphatic heterocycles. The van der Waals surface area contributed by atoms with Crippen molar-refractivity contribution in [2.75, 3.05) is 0 Å². The maximum Gasteiger partial charge on any atom is 0.0972 e. The number of hydrogen-bond acceptors (Lipinski definition) is 4. The van der Waals surface area contributed by atoms with E-state index in [1.165, 1.54) is 42.1 Å². The van der Waals surface area contributed by atoms with Crippen molar-refractivity contribution in [2.24, 2.45) is 0 Å². The SMILES string of the molecule is Cc1nc(-c2ccc(-c3ccccc3)cc2)c2c3c(sc2c1/C=C\Cc1ccc(-c2ccc4ccc5ccc(-c6ccccc6)nc5c4n2)cc1)=CCCC=3. The van der Waals surface area contributed by atoms with Crippen LogP contribution in [-0.2, 0) is 6.42 Å². The Kier molecular flexibility index (Phi) is 8.46. The van der Waals surface area contributed by atoms with Crippen molar-refractivity contribution < 1.29 is 0 Å². The molecular formula is C51H37N3S. The fourth-order valence-corrected chi connectivity index (χ4v) is 9.16. The zero-order valence-corrected chi connectivity index (χ0v) is 31.4. The van der Waals surface area contributed by atoms with E-state index in [0.717, 1.165) is 80.5 Å². The van der Waals surface area contributed by atoms with Gasteiger partial charge in [0.25, 0.3) is 0 Å². The predicted molar refractivity (Wildman–Crippen MR) is 233 cm³/mol. The number of rotatable bonds is 7. The molecule has 4 heterocycles. The van der Waals surface area contributed by atoms with Crippen LogP contribution in [0.4, 0.5) is 0 Å². The second-order valence-corrected chi connectivity index (χ2v) is 15.3. The van der Waals surface area contributed by atoms with Crippen molar-refractivity contribution in [3.8, 4) is 44.9 Å². The molecule has 0 N–H and O–H groups in total. The summed E-state index contributed by atoms with van der Waals surface area (Å²) in [6.45, 7) is 2.15. The molecule has 1 aliphatic carbocycles. The van der Waals surface area contributed by atoms with Gasteiger partial charge in [-0.1, -0.05) is 158 Å². The zero-order chi connectivity index (χ0) is 36.7. The van der Waals surface area contributed by atoms with Crippen LogP contribution in [0.1, 0.15) is 29.7 Å². The lowest BCUT2D eigenvalue weighted by atomic mass is 9.98. The third-order valence-electron chi connectivity index (χ3n) is 10.7. The Balaban J connectivity index is 0.941. The Bertz CT molecular complexity index is 3030. The Morgan fingerprint density at radius 3 is 1.76 bits per heavy atom. The highest BCUT2D eigenvalue weighted by Crippen LogP contribution is 2.34. The van der Waals surface area contributed by atoms with Gasteiger partial charge in [0.2, 0.25) is 0 Å². The molecule has 0 bridgehead atoms. The van der Waals surface area contributed by atoms with Crippen LogP contribution in [0.2, 0.25) is 0 Å². The summed E-state index contributed by atoms with van der Waals surface area (Å²) >= 11 is 1.91. The number of nitrogens with zero attached hydrogens (tertiary/aromatic N) is 3. The normalized spacial score (nSPS) is 12.6. The Morgan fingerprint density at radius 1 is 0.545 bits per heavy atom. The molecule has 3 nitrogen and oxygen atoms in total. The van der Waals surface area contributed by atoms with Gasteiger partial charge in [0, 0.05) is 53.3 Å². The number of aryl methyl sites for hydroxylation is 1. The summed E-state index contributed by atoms with van der Waals surface area (Å²) < 4.78 is 2.68. The second kappa shape index (κ2) is 14.1. The lowest BCUT2D eigenvalue weighted by molar-refractivity contribution is 1.13. The molecule has 0 amide bonds. The van der Waals surface area contributed by atoms with Crippen LogP contribution >= 0.6 is 11.3 Å². The number of benzene rings is 5. The minimum Gasteiger partial charge on any atom is -0.252 e. The van der Waals surface area contributed by atoms with Gasteiger partial charge in [-0.05, 0) is 60.2 Å². The molecule has 55 heavy (non-hydrogen) atoms. The highest BCUT2D eigenvalue weighted by molar-refractivity contribution is 7.17. The van der Waals surface area contributed by atoms with Crippen molar-refractivity contribution in [3.05, 3.63) is 178 Å². The summed E-state index contributed by atoms with van der Waals surface area (Å²) in [5, 5.41) is 4.80.